The number of hydrogen-bond donors (Lipinski definition) is 3. The lowest BCUT2D eigenvalue weighted by Gasteiger charge is -2.12. The van der Waals surface area contributed by atoms with Crippen LogP contribution in [0.1, 0.15) is 6.42 Å². The maximum atomic E-state index is 12.5. The first-order valence-electron chi connectivity index (χ1n) is 7.28. The summed E-state index contributed by atoms with van der Waals surface area (Å²) in [5, 5.41) is 5.06. The standard InChI is InChI=1S/C16H15N3O5S/c1-24-11-4-2-10(3-5-11)19-25(22,23)12-6-7-13-14(8-12)18-16(21)9-15(20)17-13/h2-8,19H,9H2,1H3,(H,17,20)(H,18,21). The molecule has 0 fully saturated rings. The summed E-state index contributed by atoms with van der Waals surface area (Å²) in [7, 11) is -2.35. The first-order chi connectivity index (χ1) is 11.9. The van der Waals surface area contributed by atoms with Crippen molar-refractivity contribution in [1.82, 2.24) is 0 Å². The first kappa shape index (κ1) is 16.8. The third kappa shape index (κ3) is 3.72. The molecule has 0 radical (unpaired) electrons. The molecule has 0 saturated carbocycles. The minimum atomic E-state index is -3.86. The number of sulfonamides is 1. The quantitative estimate of drug-likeness (QED) is 0.718. The molecule has 0 aliphatic carbocycles. The molecule has 0 aromatic heterocycles. The lowest BCUT2D eigenvalue weighted by Crippen LogP contribution is -2.16. The molecule has 0 spiro atoms. The minimum Gasteiger partial charge on any atom is -0.497 e. The van der Waals surface area contributed by atoms with E-state index in [9.17, 15) is 18.0 Å². The number of carbonyl (C=O) groups is 2. The van der Waals surface area contributed by atoms with Crippen molar-refractivity contribution in [2.45, 2.75) is 11.3 Å². The van der Waals surface area contributed by atoms with E-state index in [0.717, 1.165) is 0 Å². The summed E-state index contributed by atoms with van der Waals surface area (Å²) in [6, 6.07) is 10.5. The fourth-order valence-corrected chi connectivity index (χ4v) is 3.40. The molecule has 0 saturated heterocycles. The van der Waals surface area contributed by atoms with E-state index in [4.69, 9.17) is 4.74 Å². The van der Waals surface area contributed by atoms with Crippen molar-refractivity contribution in [3.8, 4) is 5.75 Å². The number of hydrogen-bond acceptors (Lipinski definition) is 5. The molecule has 25 heavy (non-hydrogen) atoms. The zero-order valence-corrected chi connectivity index (χ0v) is 14.0. The van der Waals surface area contributed by atoms with Crippen LogP contribution in [0.5, 0.6) is 5.75 Å². The molecule has 2 amide bonds. The molecule has 3 rings (SSSR count). The fraction of sp³-hybridized carbons (Fsp3) is 0.125. The van der Waals surface area contributed by atoms with Crippen LogP contribution in [0.15, 0.2) is 47.4 Å². The monoisotopic (exact) mass is 361 g/mol. The van der Waals surface area contributed by atoms with Gasteiger partial charge >= 0.3 is 0 Å². The van der Waals surface area contributed by atoms with Crippen molar-refractivity contribution in [3.05, 3.63) is 42.5 Å². The highest BCUT2D eigenvalue weighted by Gasteiger charge is 2.21. The second kappa shape index (κ2) is 6.44. The Hall–Kier alpha value is -3.07. The number of amides is 2. The van der Waals surface area contributed by atoms with Gasteiger partial charge in [-0.05, 0) is 42.5 Å². The molecule has 2 aromatic rings. The SMILES string of the molecule is COc1ccc(NS(=O)(=O)c2ccc3c(c2)NC(=O)CC(=O)N3)cc1. The Labute approximate surface area is 144 Å². The van der Waals surface area contributed by atoms with Crippen LogP contribution in [0.2, 0.25) is 0 Å². The van der Waals surface area contributed by atoms with Crippen LogP contribution >= 0.6 is 0 Å². The zero-order valence-electron chi connectivity index (χ0n) is 13.2. The summed E-state index contributed by atoms with van der Waals surface area (Å²) in [4.78, 5) is 23.1. The number of anilines is 3. The predicted octanol–water partition coefficient (Wildman–Crippen LogP) is 1.78. The maximum absolute atomic E-state index is 12.5. The number of carbonyl (C=O) groups excluding carboxylic acids is 2. The smallest absolute Gasteiger partial charge is 0.261 e. The summed E-state index contributed by atoms with van der Waals surface area (Å²) in [5.41, 5.74) is 0.945. The van der Waals surface area contributed by atoms with Crippen molar-refractivity contribution in [2.75, 3.05) is 22.5 Å². The summed E-state index contributed by atoms with van der Waals surface area (Å²) < 4.78 is 32.5. The molecule has 2 aromatic carbocycles. The second-order valence-electron chi connectivity index (χ2n) is 5.31. The zero-order chi connectivity index (χ0) is 18.0. The van der Waals surface area contributed by atoms with E-state index in [2.05, 4.69) is 15.4 Å². The van der Waals surface area contributed by atoms with Crippen molar-refractivity contribution >= 4 is 38.9 Å². The van der Waals surface area contributed by atoms with Gasteiger partial charge in [0.2, 0.25) is 11.8 Å². The number of ether oxygens (including phenoxy) is 1. The number of fused-ring (bicyclic) bond motifs is 1. The highest BCUT2D eigenvalue weighted by Crippen LogP contribution is 2.28. The van der Waals surface area contributed by atoms with Crippen LogP contribution in [0.3, 0.4) is 0 Å². The number of rotatable bonds is 4. The molecule has 8 nitrogen and oxygen atoms in total. The third-order valence-electron chi connectivity index (χ3n) is 3.51. The van der Waals surface area contributed by atoms with Crippen molar-refractivity contribution in [1.29, 1.82) is 0 Å². The Bertz CT molecular complexity index is 939. The van der Waals surface area contributed by atoms with Gasteiger partial charge in [0.15, 0.2) is 0 Å². The van der Waals surface area contributed by atoms with Crippen LogP contribution in [0.4, 0.5) is 17.1 Å². The molecule has 3 N–H and O–H groups in total. The number of methoxy groups -OCH3 is 1. The maximum Gasteiger partial charge on any atom is 0.261 e. The molecule has 1 aliphatic rings. The molecule has 0 unspecified atom stereocenters. The lowest BCUT2D eigenvalue weighted by molar-refractivity contribution is -0.123. The topological polar surface area (TPSA) is 114 Å². The average Bonchev–Trinajstić information content (AvgIpc) is 2.70. The normalized spacial score (nSPS) is 14.0. The Morgan fingerprint density at radius 2 is 1.60 bits per heavy atom. The molecule has 0 atom stereocenters. The van der Waals surface area contributed by atoms with E-state index >= 15 is 0 Å². The van der Waals surface area contributed by atoms with Crippen LogP contribution in [0, 0.1) is 0 Å². The summed E-state index contributed by atoms with van der Waals surface area (Å²) in [6.45, 7) is 0. The summed E-state index contributed by atoms with van der Waals surface area (Å²) in [5.74, 6) is -0.358. The number of nitrogens with one attached hydrogen (secondary N) is 3. The van der Waals surface area contributed by atoms with Gasteiger partial charge < -0.3 is 15.4 Å². The van der Waals surface area contributed by atoms with Gasteiger partial charge in [-0.15, -0.1) is 0 Å². The lowest BCUT2D eigenvalue weighted by atomic mass is 10.2. The van der Waals surface area contributed by atoms with Gasteiger partial charge in [0.25, 0.3) is 10.0 Å². The van der Waals surface area contributed by atoms with E-state index in [-0.39, 0.29) is 17.0 Å². The Kier molecular flexibility index (Phi) is 4.32. The van der Waals surface area contributed by atoms with E-state index in [1.807, 2.05) is 0 Å². The minimum absolute atomic E-state index is 0.0430. The second-order valence-corrected chi connectivity index (χ2v) is 7.00. The molecule has 1 heterocycles. The summed E-state index contributed by atoms with van der Waals surface area (Å²) >= 11 is 0. The molecule has 0 bridgehead atoms. The highest BCUT2D eigenvalue weighted by atomic mass is 32.2. The van der Waals surface area contributed by atoms with Gasteiger partial charge in [-0.3, -0.25) is 14.3 Å². The molecule has 9 heteroatoms. The van der Waals surface area contributed by atoms with Gasteiger partial charge in [0, 0.05) is 5.69 Å². The third-order valence-corrected chi connectivity index (χ3v) is 4.89. The van der Waals surface area contributed by atoms with E-state index < -0.39 is 21.8 Å². The van der Waals surface area contributed by atoms with Gasteiger partial charge in [0.05, 0.1) is 23.4 Å². The Morgan fingerprint density at radius 1 is 0.960 bits per heavy atom. The number of benzene rings is 2. The van der Waals surface area contributed by atoms with Crippen LogP contribution in [0.25, 0.3) is 0 Å². The van der Waals surface area contributed by atoms with Crippen LogP contribution in [-0.4, -0.2) is 27.3 Å². The van der Waals surface area contributed by atoms with Gasteiger partial charge in [-0.25, -0.2) is 8.42 Å². The van der Waals surface area contributed by atoms with E-state index in [0.29, 0.717) is 17.1 Å². The Morgan fingerprint density at radius 3 is 2.24 bits per heavy atom. The van der Waals surface area contributed by atoms with E-state index in [1.54, 1.807) is 24.3 Å². The van der Waals surface area contributed by atoms with Gasteiger partial charge in [0.1, 0.15) is 12.2 Å². The summed E-state index contributed by atoms with van der Waals surface area (Å²) in [6.07, 6.45) is -0.319. The fourth-order valence-electron chi connectivity index (χ4n) is 2.31. The van der Waals surface area contributed by atoms with Crippen LogP contribution < -0.4 is 20.1 Å². The van der Waals surface area contributed by atoms with Crippen molar-refractivity contribution in [3.63, 3.8) is 0 Å². The predicted molar refractivity (Wildman–Crippen MR) is 92.1 cm³/mol. The van der Waals surface area contributed by atoms with Crippen LogP contribution in [-0.2, 0) is 19.6 Å². The highest BCUT2D eigenvalue weighted by molar-refractivity contribution is 7.92. The molecule has 130 valence electrons. The molecule has 1 aliphatic heterocycles. The largest absolute Gasteiger partial charge is 0.497 e. The average molecular weight is 361 g/mol. The van der Waals surface area contributed by atoms with Gasteiger partial charge in [-0.1, -0.05) is 0 Å². The molecular weight excluding hydrogens is 346 g/mol. The first-order valence-corrected chi connectivity index (χ1v) is 8.76. The molecular formula is C16H15N3O5S. The Balaban J connectivity index is 1.89. The van der Waals surface area contributed by atoms with Crippen molar-refractivity contribution in [2.24, 2.45) is 0 Å². The van der Waals surface area contributed by atoms with Gasteiger partial charge in [-0.2, -0.15) is 0 Å². The van der Waals surface area contributed by atoms with Crippen molar-refractivity contribution < 1.29 is 22.7 Å². The van der Waals surface area contributed by atoms with E-state index in [1.165, 1.54) is 25.3 Å².